The lowest BCUT2D eigenvalue weighted by molar-refractivity contribution is -0.155. The van der Waals surface area contributed by atoms with Crippen LogP contribution in [0.25, 0.3) is 0 Å². The largest absolute Gasteiger partial charge is 0.458 e. The van der Waals surface area contributed by atoms with Crippen molar-refractivity contribution in [2.24, 2.45) is 16.6 Å². The molecule has 0 bridgehead atoms. The third kappa shape index (κ3) is 9.51. The summed E-state index contributed by atoms with van der Waals surface area (Å²) in [5.74, 6) is -2.12. The molecule has 0 unspecified atom stereocenters. The van der Waals surface area contributed by atoms with E-state index in [1.807, 2.05) is 0 Å². The van der Waals surface area contributed by atoms with Crippen LogP contribution in [0, 0.1) is 10.8 Å². The maximum atomic E-state index is 12.7. The summed E-state index contributed by atoms with van der Waals surface area (Å²) < 4.78 is 21.9. The highest BCUT2D eigenvalue weighted by Crippen LogP contribution is 2.33. The second-order valence-corrected chi connectivity index (χ2v) is 11.5. The van der Waals surface area contributed by atoms with Gasteiger partial charge in [-0.05, 0) is 91.6 Å². The molecule has 2 rings (SSSR count). The minimum atomic E-state index is -1.06. The molecule has 0 aliphatic rings. The molecule has 0 aliphatic carbocycles. The van der Waals surface area contributed by atoms with Gasteiger partial charge in [-0.2, -0.15) is 0 Å². The van der Waals surface area contributed by atoms with Crippen LogP contribution >= 0.6 is 0 Å². The van der Waals surface area contributed by atoms with Gasteiger partial charge in [0.25, 0.3) is 0 Å². The fourth-order valence-electron chi connectivity index (χ4n) is 2.96. The molecular formula is C30H39NO8. The summed E-state index contributed by atoms with van der Waals surface area (Å²) in [4.78, 5) is 50.0. The first-order valence-electron chi connectivity index (χ1n) is 12.8. The molecule has 0 radical (unpaired) electrons. The van der Waals surface area contributed by atoms with Crippen LogP contribution in [0.15, 0.2) is 48.5 Å². The van der Waals surface area contributed by atoms with Crippen molar-refractivity contribution in [1.29, 1.82) is 0 Å². The van der Waals surface area contributed by atoms with E-state index >= 15 is 0 Å². The molecule has 9 heteroatoms. The molecule has 9 nitrogen and oxygen atoms in total. The highest BCUT2D eigenvalue weighted by atomic mass is 16.6. The summed E-state index contributed by atoms with van der Waals surface area (Å²) >= 11 is 0. The predicted octanol–water partition coefficient (Wildman–Crippen LogP) is 4.64. The Morgan fingerprint density at radius 3 is 1.79 bits per heavy atom. The van der Waals surface area contributed by atoms with Gasteiger partial charge in [0.2, 0.25) is 0 Å². The van der Waals surface area contributed by atoms with Crippen LogP contribution in [0.2, 0.25) is 0 Å². The van der Waals surface area contributed by atoms with Crippen LogP contribution in [0.3, 0.4) is 0 Å². The molecule has 0 spiro atoms. The van der Waals surface area contributed by atoms with E-state index in [9.17, 15) is 19.2 Å². The van der Waals surface area contributed by atoms with E-state index in [-0.39, 0.29) is 17.9 Å². The van der Waals surface area contributed by atoms with E-state index < -0.39 is 53.0 Å². The number of nitrogens with two attached hydrogens (primary N) is 1. The number of rotatable bonds is 9. The smallest absolute Gasteiger partial charge is 0.338 e. The summed E-state index contributed by atoms with van der Waals surface area (Å²) in [6, 6.07) is 12.1. The summed E-state index contributed by atoms with van der Waals surface area (Å²) in [5, 5.41) is 0. The summed E-state index contributed by atoms with van der Waals surface area (Å²) in [5.41, 5.74) is 5.47. The molecule has 0 saturated heterocycles. The monoisotopic (exact) mass is 541 g/mol. The lowest BCUT2D eigenvalue weighted by Crippen LogP contribution is -2.39. The Kier molecular flexibility index (Phi) is 10.4. The summed E-state index contributed by atoms with van der Waals surface area (Å²) in [7, 11) is 0. The van der Waals surface area contributed by atoms with Gasteiger partial charge in [-0.1, -0.05) is 24.3 Å². The number of hydrogen-bond donors (Lipinski definition) is 1. The Hall–Kier alpha value is -3.72. The van der Waals surface area contributed by atoms with E-state index in [0.29, 0.717) is 11.1 Å². The SMILES string of the molecule is C[C@@H](OC(=O)c1ccccc1)[C@@H](C)OC(=O)[C@@H](N)Cc1ccc(OC(=O)C(C)(C)C)c(OC(=O)C(C)(C)C)c1. The third-order valence-electron chi connectivity index (χ3n) is 5.66. The predicted molar refractivity (Wildman–Crippen MR) is 145 cm³/mol. The first kappa shape index (κ1) is 31.5. The van der Waals surface area contributed by atoms with Crippen molar-refractivity contribution in [3.8, 4) is 11.5 Å². The lowest BCUT2D eigenvalue weighted by Gasteiger charge is -2.23. The Labute approximate surface area is 229 Å². The van der Waals surface area contributed by atoms with Crippen molar-refractivity contribution in [2.75, 3.05) is 0 Å². The Morgan fingerprint density at radius 1 is 0.744 bits per heavy atom. The van der Waals surface area contributed by atoms with Crippen molar-refractivity contribution in [3.05, 3.63) is 59.7 Å². The zero-order valence-corrected chi connectivity index (χ0v) is 23.9. The van der Waals surface area contributed by atoms with Gasteiger partial charge in [0.05, 0.1) is 16.4 Å². The topological polar surface area (TPSA) is 131 Å². The first-order valence-corrected chi connectivity index (χ1v) is 12.8. The van der Waals surface area contributed by atoms with Crippen molar-refractivity contribution < 1.29 is 38.1 Å². The van der Waals surface area contributed by atoms with Gasteiger partial charge in [0.15, 0.2) is 11.5 Å². The molecule has 0 aromatic heterocycles. The van der Waals surface area contributed by atoms with E-state index in [1.165, 1.54) is 12.1 Å². The summed E-state index contributed by atoms with van der Waals surface area (Å²) in [6.07, 6.45) is -1.41. The number of hydrogen-bond acceptors (Lipinski definition) is 9. The van der Waals surface area contributed by atoms with Gasteiger partial charge < -0.3 is 24.7 Å². The number of benzene rings is 2. The number of carbonyl (C=O) groups excluding carboxylic acids is 4. The van der Waals surface area contributed by atoms with Crippen LogP contribution in [0.1, 0.15) is 71.3 Å². The molecule has 0 aliphatic heterocycles. The Bertz CT molecular complexity index is 1180. The molecule has 2 aromatic rings. The van der Waals surface area contributed by atoms with Gasteiger partial charge in [-0.3, -0.25) is 14.4 Å². The van der Waals surface area contributed by atoms with Gasteiger partial charge in [-0.25, -0.2) is 4.79 Å². The first-order chi connectivity index (χ1) is 18.0. The number of ether oxygens (including phenoxy) is 4. The average molecular weight is 542 g/mol. The Morgan fingerprint density at radius 2 is 1.26 bits per heavy atom. The highest BCUT2D eigenvalue weighted by Gasteiger charge is 2.29. The molecule has 2 N–H and O–H groups in total. The fourth-order valence-corrected chi connectivity index (χ4v) is 2.96. The van der Waals surface area contributed by atoms with Crippen LogP contribution in [-0.4, -0.2) is 42.1 Å². The van der Waals surface area contributed by atoms with Gasteiger partial charge in [0, 0.05) is 0 Å². The van der Waals surface area contributed by atoms with Crippen molar-refractivity contribution in [3.63, 3.8) is 0 Å². The van der Waals surface area contributed by atoms with Gasteiger partial charge in [-0.15, -0.1) is 0 Å². The quantitative estimate of drug-likeness (QED) is 0.356. The number of carbonyl (C=O) groups is 4. The van der Waals surface area contributed by atoms with Crippen LogP contribution in [0.5, 0.6) is 11.5 Å². The molecule has 2 aromatic carbocycles. The van der Waals surface area contributed by atoms with Crippen molar-refractivity contribution in [1.82, 2.24) is 0 Å². The third-order valence-corrected chi connectivity index (χ3v) is 5.66. The zero-order valence-electron chi connectivity index (χ0n) is 23.9. The van der Waals surface area contributed by atoms with Gasteiger partial charge in [0.1, 0.15) is 18.2 Å². The molecule has 0 amide bonds. The van der Waals surface area contributed by atoms with Crippen LogP contribution < -0.4 is 15.2 Å². The van der Waals surface area contributed by atoms with Crippen LogP contribution in [-0.2, 0) is 30.3 Å². The standard InChI is InChI=1S/C30H39NO8/c1-18(36-25(32)21-12-10-9-11-13-21)19(2)37-26(33)22(31)16-20-14-15-23(38-27(34)29(3,4)5)24(17-20)39-28(35)30(6,7)8/h9-15,17-19,22H,16,31H2,1-8H3/t18-,19-,22+/m1/s1. The average Bonchev–Trinajstić information content (AvgIpc) is 2.84. The maximum absolute atomic E-state index is 12.7. The maximum Gasteiger partial charge on any atom is 0.338 e. The molecule has 3 atom stereocenters. The normalized spacial score (nSPS) is 14.0. The number of esters is 4. The zero-order chi connectivity index (χ0) is 29.5. The highest BCUT2D eigenvalue weighted by molar-refractivity contribution is 5.89. The van der Waals surface area contributed by atoms with Crippen molar-refractivity contribution >= 4 is 23.9 Å². The fraction of sp³-hybridized carbons (Fsp3) is 0.467. The van der Waals surface area contributed by atoms with E-state index in [4.69, 9.17) is 24.7 Å². The van der Waals surface area contributed by atoms with E-state index in [0.717, 1.165) is 0 Å². The molecule has 0 saturated carbocycles. The van der Waals surface area contributed by atoms with E-state index in [2.05, 4.69) is 0 Å². The van der Waals surface area contributed by atoms with E-state index in [1.54, 1.807) is 91.8 Å². The van der Waals surface area contributed by atoms with Crippen LogP contribution in [0.4, 0.5) is 0 Å². The molecule has 39 heavy (non-hydrogen) atoms. The molecule has 0 heterocycles. The molecule has 0 fully saturated rings. The molecule has 212 valence electrons. The lowest BCUT2D eigenvalue weighted by atomic mass is 9.97. The van der Waals surface area contributed by atoms with Crippen molar-refractivity contribution in [2.45, 2.75) is 80.1 Å². The second-order valence-electron chi connectivity index (χ2n) is 11.5. The second kappa shape index (κ2) is 12.9. The summed E-state index contributed by atoms with van der Waals surface area (Å²) in [6.45, 7) is 13.5. The Balaban J connectivity index is 2.11. The minimum absolute atomic E-state index is 0.0420. The molecular weight excluding hydrogens is 502 g/mol. The minimum Gasteiger partial charge on any atom is -0.458 e. The van der Waals surface area contributed by atoms with Gasteiger partial charge >= 0.3 is 23.9 Å².